The number of nitrogens with two attached hydrogens (primary N) is 1. The Labute approximate surface area is 125 Å². The zero-order valence-corrected chi connectivity index (χ0v) is 13.0. The molecule has 108 valence electrons. The van der Waals surface area contributed by atoms with E-state index in [1.54, 1.807) is 0 Å². The van der Waals surface area contributed by atoms with Crippen LogP contribution in [0, 0.1) is 0 Å². The fourth-order valence-corrected chi connectivity index (χ4v) is 4.45. The van der Waals surface area contributed by atoms with Crippen molar-refractivity contribution in [1.29, 1.82) is 0 Å². The summed E-state index contributed by atoms with van der Waals surface area (Å²) in [6.07, 6.45) is 4.90. The highest BCUT2D eigenvalue weighted by atomic mass is 32.1. The van der Waals surface area contributed by atoms with E-state index < -0.39 is 0 Å². The maximum atomic E-state index is 6.54. The molecule has 1 aliphatic rings. The molecule has 2 N–H and O–H groups in total. The molecule has 0 saturated carbocycles. The third-order valence-electron chi connectivity index (χ3n) is 4.37. The highest BCUT2D eigenvalue weighted by Crippen LogP contribution is 2.37. The molecule has 1 fully saturated rings. The van der Waals surface area contributed by atoms with Gasteiger partial charge in [-0.25, -0.2) is 0 Å². The Balaban J connectivity index is 2.02. The molecule has 0 amide bonds. The van der Waals surface area contributed by atoms with Gasteiger partial charge in [0.1, 0.15) is 0 Å². The smallest absolute Gasteiger partial charge is 0.0513 e. The molecule has 0 bridgehead atoms. The van der Waals surface area contributed by atoms with Gasteiger partial charge in [-0.15, -0.1) is 11.3 Å². The quantitative estimate of drug-likeness (QED) is 0.918. The van der Waals surface area contributed by atoms with Gasteiger partial charge in [0.2, 0.25) is 0 Å². The van der Waals surface area contributed by atoms with Crippen LogP contribution in [-0.2, 0) is 0 Å². The number of rotatable bonds is 3. The molecule has 2 atom stereocenters. The zero-order chi connectivity index (χ0) is 13.9. The van der Waals surface area contributed by atoms with Crippen LogP contribution in [0.1, 0.15) is 44.2 Å². The molecular weight excluding hydrogens is 264 g/mol. The van der Waals surface area contributed by atoms with Crippen molar-refractivity contribution < 1.29 is 0 Å². The maximum absolute atomic E-state index is 6.54. The second-order valence-electron chi connectivity index (χ2n) is 5.83. The summed E-state index contributed by atoms with van der Waals surface area (Å²) in [6, 6.07) is 9.40. The van der Waals surface area contributed by atoms with E-state index in [9.17, 15) is 0 Å². The minimum absolute atomic E-state index is 0.266. The number of fused-ring (bicyclic) bond motifs is 1. The third-order valence-corrected chi connectivity index (χ3v) is 5.35. The minimum Gasteiger partial charge on any atom is -0.326 e. The van der Waals surface area contributed by atoms with E-state index in [0.29, 0.717) is 6.04 Å². The Morgan fingerprint density at radius 2 is 2.15 bits per heavy atom. The van der Waals surface area contributed by atoms with Gasteiger partial charge in [0, 0.05) is 10.7 Å². The van der Waals surface area contributed by atoms with Crippen molar-refractivity contribution in [3.8, 4) is 0 Å². The van der Waals surface area contributed by atoms with E-state index in [4.69, 9.17) is 5.73 Å². The zero-order valence-electron chi connectivity index (χ0n) is 12.2. The average Bonchev–Trinajstić information content (AvgIpc) is 2.79. The first-order valence-electron chi connectivity index (χ1n) is 7.77. The molecule has 1 saturated heterocycles. The summed E-state index contributed by atoms with van der Waals surface area (Å²) >= 11 is 1.85. The predicted molar refractivity (Wildman–Crippen MR) is 88.3 cm³/mol. The summed E-state index contributed by atoms with van der Waals surface area (Å²) in [5.74, 6) is 0. The van der Waals surface area contributed by atoms with Crippen molar-refractivity contribution in [2.45, 2.75) is 44.7 Å². The van der Waals surface area contributed by atoms with Gasteiger partial charge in [-0.2, -0.15) is 0 Å². The van der Waals surface area contributed by atoms with E-state index in [1.165, 1.54) is 41.5 Å². The molecule has 3 heteroatoms. The Morgan fingerprint density at radius 3 is 3.00 bits per heavy atom. The van der Waals surface area contributed by atoms with Crippen molar-refractivity contribution in [2.75, 3.05) is 13.1 Å². The van der Waals surface area contributed by atoms with Crippen molar-refractivity contribution in [2.24, 2.45) is 5.73 Å². The monoisotopic (exact) mass is 288 g/mol. The van der Waals surface area contributed by atoms with Crippen LogP contribution in [0.15, 0.2) is 29.6 Å². The summed E-state index contributed by atoms with van der Waals surface area (Å²) in [7, 11) is 0. The van der Waals surface area contributed by atoms with Gasteiger partial charge in [-0.05, 0) is 54.7 Å². The SMILES string of the molecule is CCCN1CCCCC(N)C1c1csc2ccccc12. The molecule has 1 aliphatic heterocycles. The van der Waals surface area contributed by atoms with Gasteiger partial charge in [0.05, 0.1) is 6.04 Å². The van der Waals surface area contributed by atoms with Gasteiger partial charge in [0.25, 0.3) is 0 Å². The van der Waals surface area contributed by atoms with Crippen LogP contribution in [0.2, 0.25) is 0 Å². The maximum Gasteiger partial charge on any atom is 0.0513 e. The van der Waals surface area contributed by atoms with E-state index in [0.717, 1.165) is 13.0 Å². The summed E-state index contributed by atoms with van der Waals surface area (Å²) in [5, 5.41) is 3.74. The van der Waals surface area contributed by atoms with E-state index in [1.807, 2.05) is 11.3 Å². The van der Waals surface area contributed by atoms with Crippen LogP contribution in [-0.4, -0.2) is 24.0 Å². The normalized spacial score (nSPS) is 24.9. The van der Waals surface area contributed by atoms with Crippen LogP contribution in [0.4, 0.5) is 0 Å². The van der Waals surface area contributed by atoms with Crippen molar-refractivity contribution in [1.82, 2.24) is 4.90 Å². The first-order valence-corrected chi connectivity index (χ1v) is 8.65. The summed E-state index contributed by atoms with van der Waals surface area (Å²) in [5.41, 5.74) is 8.00. The molecule has 3 rings (SSSR count). The van der Waals surface area contributed by atoms with Crippen molar-refractivity contribution in [3.05, 3.63) is 35.2 Å². The Morgan fingerprint density at radius 1 is 1.30 bits per heavy atom. The van der Waals surface area contributed by atoms with Crippen LogP contribution >= 0.6 is 11.3 Å². The number of nitrogens with zero attached hydrogens (tertiary/aromatic N) is 1. The average molecular weight is 288 g/mol. The molecule has 1 aromatic heterocycles. The van der Waals surface area contributed by atoms with Crippen LogP contribution in [0.5, 0.6) is 0 Å². The van der Waals surface area contributed by atoms with Gasteiger partial charge in [-0.1, -0.05) is 31.5 Å². The second-order valence-corrected chi connectivity index (χ2v) is 6.74. The number of hydrogen-bond acceptors (Lipinski definition) is 3. The summed E-state index contributed by atoms with van der Waals surface area (Å²) < 4.78 is 1.38. The fraction of sp³-hybridized carbons (Fsp3) is 0.529. The largest absolute Gasteiger partial charge is 0.326 e. The highest BCUT2D eigenvalue weighted by Gasteiger charge is 2.29. The number of thiophene rings is 1. The topological polar surface area (TPSA) is 29.3 Å². The molecule has 1 aromatic carbocycles. The Bertz CT molecular complexity index is 563. The van der Waals surface area contributed by atoms with Gasteiger partial charge >= 0.3 is 0 Å². The Kier molecular flexibility index (Phi) is 4.39. The lowest BCUT2D eigenvalue weighted by Crippen LogP contribution is -2.40. The second kappa shape index (κ2) is 6.25. The van der Waals surface area contributed by atoms with Gasteiger partial charge in [-0.3, -0.25) is 4.90 Å². The summed E-state index contributed by atoms with van der Waals surface area (Å²) in [4.78, 5) is 2.62. The molecule has 0 radical (unpaired) electrons. The molecule has 2 unspecified atom stereocenters. The first kappa shape index (κ1) is 14.1. The molecule has 0 spiro atoms. The molecule has 2 aromatic rings. The molecule has 2 nitrogen and oxygen atoms in total. The predicted octanol–water partition coefficient (Wildman–Crippen LogP) is 4.17. The van der Waals surface area contributed by atoms with Crippen LogP contribution < -0.4 is 5.73 Å². The lowest BCUT2D eigenvalue weighted by Gasteiger charge is -2.33. The standard InChI is InChI=1S/C17H24N2S/c1-2-10-19-11-6-5-8-15(18)17(19)14-12-20-16-9-4-3-7-13(14)16/h3-4,7,9,12,15,17H,2,5-6,8,10-11,18H2,1H3. The lowest BCUT2D eigenvalue weighted by atomic mass is 9.96. The van der Waals surface area contributed by atoms with Crippen LogP contribution in [0.25, 0.3) is 10.1 Å². The minimum atomic E-state index is 0.266. The van der Waals surface area contributed by atoms with Crippen LogP contribution in [0.3, 0.4) is 0 Å². The van der Waals surface area contributed by atoms with E-state index in [-0.39, 0.29) is 6.04 Å². The Hall–Kier alpha value is -0.900. The van der Waals surface area contributed by atoms with E-state index >= 15 is 0 Å². The van der Waals surface area contributed by atoms with Gasteiger partial charge in [0.15, 0.2) is 0 Å². The van der Waals surface area contributed by atoms with Gasteiger partial charge < -0.3 is 5.73 Å². The molecule has 0 aliphatic carbocycles. The highest BCUT2D eigenvalue weighted by molar-refractivity contribution is 7.17. The summed E-state index contributed by atoms with van der Waals surface area (Å²) in [6.45, 7) is 4.61. The number of likely N-dealkylation sites (tertiary alicyclic amines) is 1. The first-order chi connectivity index (χ1) is 9.81. The van der Waals surface area contributed by atoms with E-state index in [2.05, 4.69) is 41.5 Å². The molecular formula is C17H24N2S. The fourth-order valence-electron chi connectivity index (χ4n) is 3.46. The third kappa shape index (κ3) is 2.62. The van der Waals surface area contributed by atoms with Crippen molar-refractivity contribution >= 4 is 21.4 Å². The lowest BCUT2D eigenvalue weighted by molar-refractivity contribution is 0.187. The number of benzene rings is 1. The van der Waals surface area contributed by atoms with Crippen molar-refractivity contribution in [3.63, 3.8) is 0 Å². The molecule has 2 heterocycles. The number of hydrogen-bond donors (Lipinski definition) is 1. The molecule has 20 heavy (non-hydrogen) atoms.